The van der Waals surface area contributed by atoms with E-state index in [9.17, 15) is 5.11 Å². The van der Waals surface area contributed by atoms with Crippen LogP contribution in [-0.2, 0) is 0 Å². The molecule has 0 aromatic carbocycles. The molecular weight excluding hydrogens is 148 g/mol. The van der Waals surface area contributed by atoms with Crippen LogP contribution in [0.15, 0.2) is 35.6 Å². The Kier molecular flexibility index (Phi) is 3.15. The molecule has 0 radical (unpaired) electrons. The molecule has 0 aliphatic heterocycles. The van der Waals surface area contributed by atoms with Gasteiger partial charge in [-0.3, -0.25) is 0 Å². The van der Waals surface area contributed by atoms with Gasteiger partial charge in [-0.15, -0.1) is 0 Å². The fourth-order valence-electron chi connectivity index (χ4n) is 1.13. The lowest BCUT2D eigenvalue weighted by Crippen LogP contribution is -1.93. The van der Waals surface area contributed by atoms with Crippen LogP contribution in [0, 0.1) is 5.92 Å². The average Bonchev–Trinajstić information content (AvgIpc) is 2.03. The molecule has 1 nitrogen and oxygen atoms in total. The van der Waals surface area contributed by atoms with Crippen molar-refractivity contribution in [2.24, 2.45) is 5.92 Å². The Morgan fingerprint density at radius 1 is 1.58 bits per heavy atom. The average molecular weight is 164 g/mol. The zero-order valence-corrected chi connectivity index (χ0v) is 7.75. The third kappa shape index (κ3) is 2.57. The van der Waals surface area contributed by atoms with E-state index in [0.717, 1.165) is 18.4 Å². The van der Waals surface area contributed by atoms with E-state index in [0.29, 0.717) is 11.7 Å². The Balaban J connectivity index is 2.58. The molecular formula is C11H16O. The summed E-state index contributed by atoms with van der Waals surface area (Å²) in [6.07, 6.45) is 9.74. The first-order chi connectivity index (χ1) is 5.70. The van der Waals surface area contributed by atoms with Crippen molar-refractivity contribution in [2.75, 3.05) is 0 Å². The minimum atomic E-state index is 0.429. The summed E-state index contributed by atoms with van der Waals surface area (Å²) >= 11 is 0. The summed E-state index contributed by atoms with van der Waals surface area (Å²) in [4.78, 5) is 0. The molecule has 66 valence electrons. The standard InChI is InChI=1S/C11H16O/c1-9(2)7-8-10-5-3-4-6-11(10)12/h3-4,6,8-9,12H,5,7H2,1-2H3. The summed E-state index contributed by atoms with van der Waals surface area (Å²) in [6, 6.07) is 0. The predicted octanol–water partition coefficient (Wildman–Crippen LogP) is 3.36. The van der Waals surface area contributed by atoms with Gasteiger partial charge in [0, 0.05) is 0 Å². The van der Waals surface area contributed by atoms with Crippen molar-refractivity contribution in [1.29, 1.82) is 0 Å². The SMILES string of the molecule is CC(C)CC=C1CC=CC=C1O. The second kappa shape index (κ2) is 4.15. The summed E-state index contributed by atoms with van der Waals surface area (Å²) in [5, 5.41) is 9.42. The maximum atomic E-state index is 9.42. The lowest BCUT2D eigenvalue weighted by atomic mass is 10.0. The molecule has 1 N–H and O–H groups in total. The van der Waals surface area contributed by atoms with Crippen molar-refractivity contribution in [3.05, 3.63) is 35.6 Å². The first-order valence-corrected chi connectivity index (χ1v) is 4.45. The Labute approximate surface area is 74.1 Å². The monoisotopic (exact) mass is 164 g/mol. The van der Waals surface area contributed by atoms with Crippen LogP contribution < -0.4 is 0 Å². The molecule has 0 heterocycles. The summed E-state index contributed by atoms with van der Waals surface area (Å²) in [7, 11) is 0. The molecule has 0 bridgehead atoms. The first-order valence-electron chi connectivity index (χ1n) is 4.45. The highest BCUT2D eigenvalue weighted by Crippen LogP contribution is 2.18. The molecule has 0 amide bonds. The van der Waals surface area contributed by atoms with E-state index < -0.39 is 0 Å². The van der Waals surface area contributed by atoms with E-state index in [-0.39, 0.29) is 0 Å². The van der Waals surface area contributed by atoms with Crippen molar-refractivity contribution in [3.63, 3.8) is 0 Å². The van der Waals surface area contributed by atoms with Crippen LogP contribution in [0.2, 0.25) is 0 Å². The van der Waals surface area contributed by atoms with Gasteiger partial charge in [0.15, 0.2) is 0 Å². The van der Waals surface area contributed by atoms with Crippen LogP contribution in [0.4, 0.5) is 0 Å². The maximum Gasteiger partial charge on any atom is 0.118 e. The second-order valence-corrected chi connectivity index (χ2v) is 3.54. The van der Waals surface area contributed by atoms with Crippen molar-refractivity contribution in [1.82, 2.24) is 0 Å². The summed E-state index contributed by atoms with van der Waals surface area (Å²) < 4.78 is 0. The van der Waals surface area contributed by atoms with Gasteiger partial charge in [0.2, 0.25) is 0 Å². The lowest BCUT2D eigenvalue weighted by Gasteiger charge is -2.08. The highest BCUT2D eigenvalue weighted by molar-refractivity contribution is 5.34. The van der Waals surface area contributed by atoms with Gasteiger partial charge in [0.25, 0.3) is 0 Å². The minimum absolute atomic E-state index is 0.429. The molecule has 0 fully saturated rings. The molecule has 0 saturated carbocycles. The maximum absolute atomic E-state index is 9.42. The molecule has 0 saturated heterocycles. The molecule has 1 rings (SSSR count). The molecule has 12 heavy (non-hydrogen) atoms. The largest absolute Gasteiger partial charge is 0.508 e. The Morgan fingerprint density at radius 2 is 2.33 bits per heavy atom. The Morgan fingerprint density at radius 3 is 2.92 bits per heavy atom. The molecule has 0 aromatic heterocycles. The number of aliphatic hydroxyl groups excluding tert-OH is 1. The number of rotatable bonds is 2. The number of allylic oxidation sites excluding steroid dienone is 5. The van der Waals surface area contributed by atoms with Crippen molar-refractivity contribution in [3.8, 4) is 0 Å². The molecule has 1 aliphatic carbocycles. The zero-order chi connectivity index (χ0) is 8.97. The quantitative estimate of drug-likeness (QED) is 0.663. The van der Waals surface area contributed by atoms with E-state index >= 15 is 0 Å². The number of hydrogen-bond acceptors (Lipinski definition) is 1. The van der Waals surface area contributed by atoms with Crippen molar-refractivity contribution < 1.29 is 5.11 Å². The van der Waals surface area contributed by atoms with Crippen LogP contribution >= 0.6 is 0 Å². The van der Waals surface area contributed by atoms with Crippen LogP contribution in [0.3, 0.4) is 0 Å². The highest BCUT2D eigenvalue weighted by Gasteiger charge is 2.03. The zero-order valence-electron chi connectivity index (χ0n) is 7.75. The first kappa shape index (κ1) is 9.11. The summed E-state index contributed by atoms with van der Waals surface area (Å²) in [6.45, 7) is 4.35. The third-order valence-corrected chi connectivity index (χ3v) is 1.89. The van der Waals surface area contributed by atoms with Crippen LogP contribution in [-0.4, -0.2) is 5.11 Å². The van der Waals surface area contributed by atoms with E-state index in [1.54, 1.807) is 6.08 Å². The van der Waals surface area contributed by atoms with Crippen molar-refractivity contribution in [2.45, 2.75) is 26.7 Å². The Hall–Kier alpha value is -0.980. The normalized spacial score (nSPS) is 20.2. The van der Waals surface area contributed by atoms with Gasteiger partial charge < -0.3 is 5.11 Å². The van der Waals surface area contributed by atoms with Crippen molar-refractivity contribution >= 4 is 0 Å². The molecule has 0 spiro atoms. The molecule has 0 aromatic rings. The Bertz CT molecular complexity index is 231. The molecule has 0 atom stereocenters. The fourth-order valence-corrected chi connectivity index (χ4v) is 1.13. The topological polar surface area (TPSA) is 20.2 Å². The van der Waals surface area contributed by atoms with Gasteiger partial charge in [0.05, 0.1) is 0 Å². The minimum Gasteiger partial charge on any atom is -0.508 e. The van der Waals surface area contributed by atoms with Crippen LogP contribution in [0.1, 0.15) is 26.7 Å². The van der Waals surface area contributed by atoms with Gasteiger partial charge in [-0.2, -0.15) is 0 Å². The van der Waals surface area contributed by atoms with Gasteiger partial charge in [-0.1, -0.05) is 32.1 Å². The molecule has 1 aliphatic rings. The molecule has 0 unspecified atom stereocenters. The summed E-state index contributed by atoms with van der Waals surface area (Å²) in [5.74, 6) is 1.09. The van der Waals surface area contributed by atoms with E-state index in [4.69, 9.17) is 0 Å². The van der Waals surface area contributed by atoms with E-state index in [2.05, 4.69) is 26.0 Å². The second-order valence-electron chi connectivity index (χ2n) is 3.54. The predicted molar refractivity (Wildman–Crippen MR) is 52.0 cm³/mol. The van der Waals surface area contributed by atoms with Crippen LogP contribution in [0.5, 0.6) is 0 Å². The fraction of sp³-hybridized carbons (Fsp3) is 0.455. The lowest BCUT2D eigenvalue weighted by molar-refractivity contribution is 0.419. The molecule has 1 heteroatoms. The van der Waals surface area contributed by atoms with E-state index in [1.165, 1.54) is 0 Å². The number of aliphatic hydroxyl groups is 1. The van der Waals surface area contributed by atoms with Gasteiger partial charge in [0.1, 0.15) is 5.76 Å². The van der Waals surface area contributed by atoms with Gasteiger partial charge >= 0.3 is 0 Å². The van der Waals surface area contributed by atoms with Gasteiger partial charge in [-0.05, 0) is 30.4 Å². The van der Waals surface area contributed by atoms with Gasteiger partial charge in [-0.25, -0.2) is 0 Å². The van der Waals surface area contributed by atoms with E-state index in [1.807, 2.05) is 6.08 Å². The summed E-state index contributed by atoms with van der Waals surface area (Å²) in [5.41, 5.74) is 1.06. The smallest absolute Gasteiger partial charge is 0.118 e. The van der Waals surface area contributed by atoms with Crippen LogP contribution in [0.25, 0.3) is 0 Å². The number of hydrogen-bond donors (Lipinski definition) is 1. The third-order valence-electron chi connectivity index (χ3n) is 1.89. The highest BCUT2D eigenvalue weighted by atomic mass is 16.3.